The van der Waals surface area contributed by atoms with Gasteiger partial charge in [0.1, 0.15) is 4.99 Å². The number of hydrogen-bond acceptors (Lipinski definition) is 3. The molecule has 0 aromatic heterocycles. The molecule has 0 saturated heterocycles. The Morgan fingerprint density at radius 1 is 1.50 bits per heavy atom. The predicted molar refractivity (Wildman–Crippen MR) is 78.6 cm³/mol. The molecule has 0 saturated carbocycles. The van der Waals surface area contributed by atoms with Crippen LogP contribution in [-0.4, -0.2) is 23.5 Å². The van der Waals surface area contributed by atoms with E-state index in [1.807, 2.05) is 30.8 Å². The van der Waals surface area contributed by atoms with Gasteiger partial charge in [0.15, 0.2) is 0 Å². The molecule has 0 aliphatic heterocycles. The summed E-state index contributed by atoms with van der Waals surface area (Å²) >= 11 is 6.84. The second-order valence-electron chi connectivity index (χ2n) is 3.67. The predicted octanol–water partition coefficient (Wildman–Crippen LogP) is 2.79. The summed E-state index contributed by atoms with van der Waals surface area (Å²) in [5.74, 6) is 1.19. The second-order valence-corrected chi connectivity index (χ2v) is 5.09. The van der Waals surface area contributed by atoms with E-state index in [2.05, 4.69) is 17.6 Å². The minimum atomic E-state index is 0.464. The summed E-state index contributed by atoms with van der Waals surface area (Å²) in [5.41, 5.74) is 8.84. The Kier molecular flexibility index (Phi) is 5.63. The maximum Gasteiger partial charge on any atom is 0.104 e. The zero-order chi connectivity index (χ0) is 12.0. The van der Waals surface area contributed by atoms with E-state index in [1.54, 1.807) is 0 Å². The van der Waals surface area contributed by atoms with E-state index >= 15 is 0 Å². The van der Waals surface area contributed by atoms with Crippen LogP contribution >= 0.6 is 24.0 Å². The fraction of sp³-hybridized carbons (Fsp3) is 0.417. The highest BCUT2D eigenvalue weighted by atomic mass is 32.2. The molecule has 0 bridgehead atoms. The number of thiocarbonyl (C=S) groups is 1. The Bertz CT molecular complexity index is 364. The topological polar surface area (TPSA) is 38.0 Å². The lowest BCUT2D eigenvalue weighted by atomic mass is 10.1. The third-order valence-corrected chi connectivity index (χ3v) is 3.26. The van der Waals surface area contributed by atoms with E-state index in [1.165, 1.54) is 12.2 Å². The Morgan fingerprint density at radius 3 is 2.81 bits per heavy atom. The lowest BCUT2D eigenvalue weighted by Gasteiger charge is -2.09. The molecule has 1 rings (SSSR count). The molecule has 0 fully saturated rings. The van der Waals surface area contributed by atoms with Crippen molar-refractivity contribution in [3.05, 3.63) is 29.3 Å². The molecule has 0 aliphatic rings. The molecule has 0 amide bonds. The van der Waals surface area contributed by atoms with Crippen molar-refractivity contribution in [1.29, 1.82) is 0 Å². The van der Waals surface area contributed by atoms with Gasteiger partial charge in [-0.2, -0.15) is 11.8 Å². The number of benzene rings is 1. The van der Waals surface area contributed by atoms with Crippen molar-refractivity contribution in [2.24, 2.45) is 5.73 Å². The maximum atomic E-state index is 5.61. The highest BCUT2D eigenvalue weighted by Crippen LogP contribution is 2.15. The highest BCUT2D eigenvalue weighted by molar-refractivity contribution is 7.98. The summed E-state index contributed by atoms with van der Waals surface area (Å²) in [6.07, 6.45) is 3.30. The SMILES string of the molecule is CSCCCNc1ccc(C(N)=S)c(C)c1. The van der Waals surface area contributed by atoms with Gasteiger partial charge in [-0.1, -0.05) is 12.2 Å². The molecule has 0 atom stereocenters. The normalized spacial score (nSPS) is 10.1. The standard InChI is InChI=1S/C12H18N2S2/c1-9-8-10(14-6-3-7-16-2)4-5-11(9)12(13)15/h4-5,8,14H,3,6-7H2,1-2H3,(H2,13,15). The van der Waals surface area contributed by atoms with Crippen LogP contribution in [0.1, 0.15) is 17.5 Å². The van der Waals surface area contributed by atoms with Crippen LogP contribution in [0.25, 0.3) is 0 Å². The second kappa shape index (κ2) is 6.76. The largest absolute Gasteiger partial charge is 0.389 e. The van der Waals surface area contributed by atoms with Gasteiger partial charge >= 0.3 is 0 Å². The number of nitrogens with one attached hydrogen (secondary N) is 1. The van der Waals surface area contributed by atoms with Crippen molar-refractivity contribution in [1.82, 2.24) is 0 Å². The van der Waals surface area contributed by atoms with Crippen LogP contribution in [0.5, 0.6) is 0 Å². The van der Waals surface area contributed by atoms with Gasteiger partial charge in [-0.05, 0) is 49.1 Å². The molecular weight excluding hydrogens is 236 g/mol. The van der Waals surface area contributed by atoms with E-state index in [9.17, 15) is 0 Å². The summed E-state index contributed by atoms with van der Waals surface area (Å²) in [7, 11) is 0. The van der Waals surface area contributed by atoms with Crippen LogP contribution in [0, 0.1) is 6.92 Å². The number of hydrogen-bond donors (Lipinski definition) is 2. The molecular formula is C12H18N2S2. The van der Waals surface area contributed by atoms with Crippen molar-refractivity contribution >= 4 is 34.7 Å². The van der Waals surface area contributed by atoms with E-state index in [0.29, 0.717) is 4.99 Å². The minimum Gasteiger partial charge on any atom is -0.389 e. The van der Waals surface area contributed by atoms with Crippen LogP contribution in [0.2, 0.25) is 0 Å². The van der Waals surface area contributed by atoms with E-state index in [4.69, 9.17) is 18.0 Å². The fourth-order valence-electron chi connectivity index (χ4n) is 1.50. The first-order chi connectivity index (χ1) is 7.65. The smallest absolute Gasteiger partial charge is 0.104 e. The molecule has 3 N–H and O–H groups in total. The maximum absolute atomic E-state index is 5.61. The third kappa shape index (κ3) is 4.02. The van der Waals surface area contributed by atoms with Crippen molar-refractivity contribution in [3.63, 3.8) is 0 Å². The summed E-state index contributed by atoms with van der Waals surface area (Å²) in [6.45, 7) is 3.04. The van der Waals surface area contributed by atoms with Gasteiger partial charge in [-0.15, -0.1) is 0 Å². The van der Waals surface area contributed by atoms with Crippen LogP contribution in [-0.2, 0) is 0 Å². The van der Waals surface area contributed by atoms with Crippen LogP contribution in [0.4, 0.5) is 5.69 Å². The van der Waals surface area contributed by atoms with Crippen LogP contribution in [0.3, 0.4) is 0 Å². The van der Waals surface area contributed by atoms with Crippen molar-refractivity contribution < 1.29 is 0 Å². The van der Waals surface area contributed by atoms with Crippen LogP contribution < -0.4 is 11.1 Å². The summed E-state index contributed by atoms with van der Waals surface area (Å²) in [5, 5.41) is 3.39. The number of nitrogens with two attached hydrogens (primary N) is 1. The van der Waals surface area contributed by atoms with Crippen molar-refractivity contribution in [3.8, 4) is 0 Å². The molecule has 0 heterocycles. The summed E-state index contributed by atoms with van der Waals surface area (Å²) in [4.78, 5) is 0.464. The highest BCUT2D eigenvalue weighted by Gasteiger charge is 2.01. The summed E-state index contributed by atoms with van der Waals surface area (Å²) < 4.78 is 0. The van der Waals surface area contributed by atoms with Gasteiger partial charge < -0.3 is 11.1 Å². The molecule has 88 valence electrons. The van der Waals surface area contributed by atoms with Gasteiger partial charge in [0.2, 0.25) is 0 Å². The first-order valence-corrected chi connectivity index (χ1v) is 7.08. The first kappa shape index (κ1) is 13.3. The van der Waals surface area contributed by atoms with Crippen LogP contribution in [0.15, 0.2) is 18.2 Å². The zero-order valence-electron chi connectivity index (χ0n) is 9.75. The molecule has 0 unspecified atom stereocenters. The van der Waals surface area contributed by atoms with E-state index in [0.717, 1.165) is 23.4 Å². The fourth-order valence-corrected chi connectivity index (χ4v) is 2.16. The lowest BCUT2D eigenvalue weighted by Crippen LogP contribution is -2.11. The van der Waals surface area contributed by atoms with Gasteiger partial charge in [-0.25, -0.2) is 0 Å². The molecule has 16 heavy (non-hydrogen) atoms. The Labute approximate surface area is 107 Å². The molecule has 2 nitrogen and oxygen atoms in total. The van der Waals surface area contributed by atoms with Crippen molar-refractivity contribution in [2.45, 2.75) is 13.3 Å². The Morgan fingerprint density at radius 2 is 2.25 bits per heavy atom. The molecule has 0 radical (unpaired) electrons. The number of anilines is 1. The van der Waals surface area contributed by atoms with E-state index < -0.39 is 0 Å². The Balaban J connectivity index is 2.56. The third-order valence-electron chi connectivity index (χ3n) is 2.35. The first-order valence-electron chi connectivity index (χ1n) is 5.28. The minimum absolute atomic E-state index is 0.464. The molecule has 4 heteroatoms. The molecule has 0 spiro atoms. The summed E-state index contributed by atoms with van der Waals surface area (Å²) in [6, 6.07) is 6.10. The quantitative estimate of drug-likeness (QED) is 0.605. The number of rotatable bonds is 6. The number of thioether (sulfide) groups is 1. The zero-order valence-corrected chi connectivity index (χ0v) is 11.4. The average molecular weight is 254 g/mol. The van der Waals surface area contributed by atoms with Gasteiger partial charge in [0.05, 0.1) is 0 Å². The van der Waals surface area contributed by atoms with E-state index in [-0.39, 0.29) is 0 Å². The molecule has 1 aromatic rings. The average Bonchev–Trinajstić information content (AvgIpc) is 2.24. The Hall–Kier alpha value is -0.740. The van der Waals surface area contributed by atoms with Gasteiger partial charge in [0.25, 0.3) is 0 Å². The monoisotopic (exact) mass is 254 g/mol. The molecule has 0 aliphatic carbocycles. The van der Waals surface area contributed by atoms with Crippen molar-refractivity contribution in [2.75, 3.05) is 23.9 Å². The number of aryl methyl sites for hydroxylation is 1. The lowest BCUT2D eigenvalue weighted by molar-refractivity contribution is 0.993. The van der Waals surface area contributed by atoms with Gasteiger partial charge in [0, 0.05) is 17.8 Å². The molecule has 1 aromatic carbocycles. The van der Waals surface area contributed by atoms with Gasteiger partial charge in [-0.3, -0.25) is 0 Å².